The molecular weight excluding hydrogens is 475 g/mol. The molecule has 1 fully saturated rings. The molecule has 3 aromatic rings. The molecule has 1 amide bonds. The van der Waals surface area contributed by atoms with E-state index < -0.39 is 5.82 Å². The van der Waals surface area contributed by atoms with E-state index in [4.69, 9.17) is 11.0 Å². The predicted octanol–water partition coefficient (Wildman–Crippen LogP) is 4.60. The summed E-state index contributed by atoms with van der Waals surface area (Å²) in [7, 11) is 0. The minimum Gasteiger partial charge on any atom is -0.398 e. The number of aromatic nitrogens is 2. The van der Waals surface area contributed by atoms with E-state index in [9.17, 15) is 9.18 Å². The molecule has 3 N–H and O–H groups in total. The zero-order chi connectivity index (χ0) is 22.7. The van der Waals surface area contributed by atoms with Crippen LogP contribution in [0.5, 0.6) is 0 Å². The van der Waals surface area contributed by atoms with E-state index in [1.165, 1.54) is 18.5 Å². The fraction of sp³-hybridized carbons (Fsp3) is 0.217. The first kappa shape index (κ1) is 21.7. The number of carbonyl (C=O) groups excluding carboxylic acids is 1. The fourth-order valence-corrected chi connectivity index (χ4v) is 4.05. The SMILES string of the molecule is N#Cc1ccc(Nc2cncnc2C2CCN(C(=O)c3cc(N)c(Br)c(F)c3)CC2)cc1. The lowest BCUT2D eigenvalue weighted by Gasteiger charge is -2.32. The summed E-state index contributed by atoms with van der Waals surface area (Å²) in [5.41, 5.74) is 9.33. The summed E-state index contributed by atoms with van der Waals surface area (Å²) in [5.74, 6) is -0.641. The predicted molar refractivity (Wildman–Crippen MR) is 123 cm³/mol. The van der Waals surface area contributed by atoms with Gasteiger partial charge in [0.25, 0.3) is 5.91 Å². The molecule has 2 aromatic carbocycles. The van der Waals surface area contributed by atoms with Crippen LogP contribution in [0.4, 0.5) is 21.5 Å². The maximum absolute atomic E-state index is 14.0. The Hall–Kier alpha value is -3.51. The summed E-state index contributed by atoms with van der Waals surface area (Å²) in [5, 5.41) is 12.3. The van der Waals surface area contributed by atoms with Gasteiger partial charge in [-0.3, -0.25) is 4.79 Å². The molecule has 4 rings (SSSR count). The number of likely N-dealkylation sites (tertiary alicyclic amines) is 1. The van der Waals surface area contributed by atoms with Crippen LogP contribution in [0.1, 0.15) is 40.4 Å². The van der Waals surface area contributed by atoms with Gasteiger partial charge in [-0.1, -0.05) is 0 Å². The van der Waals surface area contributed by atoms with E-state index in [1.807, 2.05) is 12.1 Å². The zero-order valence-electron chi connectivity index (χ0n) is 17.1. The van der Waals surface area contributed by atoms with Crippen LogP contribution in [0.15, 0.2) is 53.4 Å². The van der Waals surface area contributed by atoms with Crippen LogP contribution in [-0.2, 0) is 0 Å². The van der Waals surface area contributed by atoms with Crippen molar-refractivity contribution >= 4 is 38.9 Å². The van der Waals surface area contributed by atoms with Gasteiger partial charge in [-0.15, -0.1) is 0 Å². The molecule has 0 radical (unpaired) electrons. The second kappa shape index (κ2) is 9.32. The zero-order valence-corrected chi connectivity index (χ0v) is 18.6. The Morgan fingerprint density at radius 2 is 1.97 bits per heavy atom. The molecule has 2 heterocycles. The molecule has 0 spiro atoms. The molecule has 32 heavy (non-hydrogen) atoms. The second-order valence-corrected chi connectivity index (χ2v) is 8.36. The van der Waals surface area contributed by atoms with Crippen LogP contribution in [0.3, 0.4) is 0 Å². The van der Waals surface area contributed by atoms with Gasteiger partial charge in [0.2, 0.25) is 0 Å². The summed E-state index contributed by atoms with van der Waals surface area (Å²) >= 11 is 3.07. The maximum Gasteiger partial charge on any atom is 0.254 e. The van der Waals surface area contributed by atoms with Gasteiger partial charge in [0.05, 0.1) is 33.7 Å². The van der Waals surface area contributed by atoms with Crippen molar-refractivity contribution in [2.45, 2.75) is 18.8 Å². The molecule has 9 heteroatoms. The van der Waals surface area contributed by atoms with Crippen molar-refractivity contribution in [1.82, 2.24) is 14.9 Å². The molecule has 7 nitrogen and oxygen atoms in total. The molecule has 1 aliphatic rings. The van der Waals surface area contributed by atoms with Crippen molar-refractivity contribution in [2.75, 3.05) is 24.1 Å². The van der Waals surface area contributed by atoms with Gasteiger partial charge < -0.3 is 16.0 Å². The molecule has 0 saturated carbocycles. The minimum absolute atomic E-state index is 0.148. The lowest BCUT2D eigenvalue weighted by atomic mass is 9.92. The largest absolute Gasteiger partial charge is 0.398 e. The first-order valence-corrected chi connectivity index (χ1v) is 10.9. The molecule has 1 aliphatic heterocycles. The summed E-state index contributed by atoms with van der Waals surface area (Å²) in [4.78, 5) is 23.2. The third-order valence-corrected chi connectivity index (χ3v) is 6.34. The Bertz CT molecular complexity index is 1160. The lowest BCUT2D eigenvalue weighted by molar-refractivity contribution is 0.0711. The smallest absolute Gasteiger partial charge is 0.254 e. The standard InChI is InChI=1S/C23H20BrFN6O/c24-21-18(25)9-16(10-19(21)27)23(32)31-7-5-15(6-8-31)22-20(12-28-13-29-22)30-17-3-1-14(11-26)2-4-17/h1-4,9-10,12-13,15,30H,5-8,27H2. The number of rotatable bonds is 4. The summed E-state index contributed by atoms with van der Waals surface area (Å²) in [6, 6.07) is 12.0. The van der Waals surface area contributed by atoms with Gasteiger partial charge in [0.15, 0.2) is 0 Å². The number of nitrogen functional groups attached to an aromatic ring is 1. The van der Waals surface area contributed by atoms with Crippen molar-refractivity contribution in [3.63, 3.8) is 0 Å². The van der Waals surface area contributed by atoms with Gasteiger partial charge in [0, 0.05) is 35.9 Å². The van der Waals surface area contributed by atoms with Gasteiger partial charge in [-0.25, -0.2) is 14.4 Å². The quantitative estimate of drug-likeness (QED) is 0.513. The molecule has 1 saturated heterocycles. The highest BCUT2D eigenvalue weighted by Gasteiger charge is 2.27. The van der Waals surface area contributed by atoms with E-state index in [-0.39, 0.29) is 27.5 Å². The number of nitriles is 1. The van der Waals surface area contributed by atoms with Crippen molar-refractivity contribution in [2.24, 2.45) is 0 Å². The number of nitrogens with one attached hydrogen (secondary N) is 1. The van der Waals surface area contributed by atoms with Crippen LogP contribution < -0.4 is 11.1 Å². The Kier molecular flexibility index (Phi) is 6.32. The first-order chi connectivity index (χ1) is 15.5. The number of carbonyl (C=O) groups is 1. The van der Waals surface area contributed by atoms with E-state index in [1.54, 1.807) is 23.2 Å². The van der Waals surface area contributed by atoms with Crippen LogP contribution in [0.2, 0.25) is 0 Å². The molecule has 0 bridgehead atoms. The normalized spacial score (nSPS) is 14.1. The number of anilines is 3. The third-order valence-electron chi connectivity index (χ3n) is 5.51. The molecule has 0 aliphatic carbocycles. The van der Waals surface area contributed by atoms with E-state index in [2.05, 4.69) is 37.3 Å². The van der Waals surface area contributed by atoms with Crippen LogP contribution in [0.25, 0.3) is 0 Å². The Balaban J connectivity index is 1.45. The monoisotopic (exact) mass is 494 g/mol. The summed E-state index contributed by atoms with van der Waals surface area (Å²) in [6.07, 6.45) is 4.69. The maximum atomic E-state index is 14.0. The highest BCUT2D eigenvalue weighted by molar-refractivity contribution is 9.10. The highest BCUT2D eigenvalue weighted by Crippen LogP contribution is 2.33. The van der Waals surface area contributed by atoms with E-state index >= 15 is 0 Å². The molecule has 0 atom stereocenters. The minimum atomic E-state index is -0.553. The first-order valence-electron chi connectivity index (χ1n) is 10.1. The van der Waals surface area contributed by atoms with E-state index in [0.717, 1.165) is 29.9 Å². The number of hydrogen-bond acceptors (Lipinski definition) is 6. The second-order valence-electron chi connectivity index (χ2n) is 7.56. The number of amides is 1. The number of piperidine rings is 1. The molecule has 1 aromatic heterocycles. The average molecular weight is 495 g/mol. The van der Waals surface area contributed by atoms with Gasteiger partial charge >= 0.3 is 0 Å². The van der Waals surface area contributed by atoms with Gasteiger partial charge in [0.1, 0.15) is 12.1 Å². The molecule has 0 unspecified atom stereocenters. The van der Waals surface area contributed by atoms with Crippen molar-refractivity contribution in [1.29, 1.82) is 5.26 Å². The number of nitrogens with two attached hydrogens (primary N) is 1. The van der Waals surface area contributed by atoms with Crippen LogP contribution in [-0.4, -0.2) is 33.9 Å². The number of hydrogen-bond donors (Lipinski definition) is 2. The van der Waals surface area contributed by atoms with E-state index in [0.29, 0.717) is 18.7 Å². The van der Waals surface area contributed by atoms with Gasteiger partial charge in [-0.2, -0.15) is 5.26 Å². The summed E-state index contributed by atoms with van der Waals surface area (Å²) in [6.45, 7) is 1.06. The Labute approximate surface area is 193 Å². The Morgan fingerprint density at radius 3 is 2.62 bits per heavy atom. The topological polar surface area (TPSA) is 108 Å². The average Bonchev–Trinajstić information content (AvgIpc) is 2.83. The fourth-order valence-electron chi connectivity index (χ4n) is 3.82. The molecular formula is C23H20BrFN6O. The highest BCUT2D eigenvalue weighted by atomic mass is 79.9. The Morgan fingerprint density at radius 1 is 1.25 bits per heavy atom. The van der Waals surface area contributed by atoms with Crippen LogP contribution >= 0.6 is 15.9 Å². The van der Waals surface area contributed by atoms with Crippen molar-refractivity contribution in [3.8, 4) is 6.07 Å². The lowest BCUT2D eigenvalue weighted by Crippen LogP contribution is -2.38. The van der Waals surface area contributed by atoms with Gasteiger partial charge in [-0.05, 0) is 65.2 Å². The van der Waals surface area contributed by atoms with Crippen LogP contribution in [0, 0.1) is 17.1 Å². The third kappa shape index (κ3) is 4.55. The van der Waals surface area contributed by atoms with Crippen molar-refractivity contribution < 1.29 is 9.18 Å². The summed E-state index contributed by atoms with van der Waals surface area (Å²) < 4.78 is 14.1. The number of benzene rings is 2. The number of halogens is 2. The number of nitrogens with zero attached hydrogens (tertiary/aromatic N) is 4. The van der Waals surface area contributed by atoms with Crippen molar-refractivity contribution in [3.05, 3.63) is 76.0 Å². The molecule has 162 valence electrons.